The molecule has 0 aliphatic rings. The van der Waals surface area contributed by atoms with Gasteiger partial charge in [-0.05, 0) is 56.7 Å². The summed E-state index contributed by atoms with van der Waals surface area (Å²) >= 11 is 0. The molecule has 0 saturated carbocycles. The molecule has 1 heterocycles. The number of amides is 3. The van der Waals surface area contributed by atoms with Gasteiger partial charge in [-0.2, -0.15) is 0 Å². The van der Waals surface area contributed by atoms with E-state index < -0.39 is 47.1 Å². The van der Waals surface area contributed by atoms with Gasteiger partial charge in [0.25, 0.3) is 0 Å². The third-order valence-electron chi connectivity index (χ3n) is 8.05. The number of ether oxygens (including phenoxy) is 1. The highest BCUT2D eigenvalue weighted by atomic mass is 16.6. The smallest absolute Gasteiger partial charge is 0.407 e. The summed E-state index contributed by atoms with van der Waals surface area (Å²) in [5.74, 6) is -2.47. The molecule has 0 aliphatic heterocycles. The normalized spacial score (nSPS) is 12.7. The van der Waals surface area contributed by atoms with Gasteiger partial charge in [0.05, 0.1) is 18.6 Å². The minimum Gasteiger partial charge on any atom is -0.480 e. The lowest BCUT2D eigenvalue weighted by molar-refractivity contribution is -0.142. The summed E-state index contributed by atoms with van der Waals surface area (Å²) < 4.78 is 7.20. The monoisotopic (exact) mass is 682 g/mol. The molecule has 0 saturated heterocycles. The number of hydrogen-bond acceptors (Lipinski definition) is 7. The van der Waals surface area contributed by atoms with Gasteiger partial charge >= 0.3 is 12.1 Å². The molecule has 6 N–H and O–H groups in total. The van der Waals surface area contributed by atoms with E-state index in [4.69, 9.17) is 10.5 Å². The molecule has 264 valence electrons. The first-order valence-corrected chi connectivity index (χ1v) is 16.6. The van der Waals surface area contributed by atoms with Gasteiger partial charge in [-0.3, -0.25) is 9.59 Å². The van der Waals surface area contributed by atoms with Crippen LogP contribution >= 0.6 is 0 Å². The number of carbonyl (C=O) groups is 4. The first-order valence-electron chi connectivity index (χ1n) is 16.6. The van der Waals surface area contributed by atoms with E-state index in [1.165, 1.54) is 0 Å². The van der Waals surface area contributed by atoms with Crippen LogP contribution in [0.15, 0.2) is 104 Å². The second-order valence-corrected chi connectivity index (χ2v) is 12.9. The lowest BCUT2D eigenvalue weighted by atomic mass is 9.77. The average Bonchev–Trinajstić information content (AvgIpc) is 3.56. The van der Waals surface area contributed by atoms with Gasteiger partial charge in [0.15, 0.2) is 0 Å². The van der Waals surface area contributed by atoms with Crippen LogP contribution in [0.1, 0.15) is 62.4 Å². The zero-order valence-electron chi connectivity index (χ0n) is 28.7. The van der Waals surface area contributed by atoms with Crippen LogP contribution in [0.3, 0.4) is 0 Å². The number of alkyl carbamates (subject to hydrolysis) is 1. The van der Waals surface area contributed by atoms with E-state index in [0.29, 0.717) is 18.5 Å². The molecule has 0 radical (unpaired) electrons. The number of aromatic nitrogens is 2. The van der Waals surface area contributed by atoms with Crippen LogP contribution < -0.4 is 21.7 Å². The second kappa shape index (κ2) is 17.3. The Labute approximate surface area is 292 Å². The highest BCUT2D eigenvalue weighted by Crippen LogP contribution is 2.40. The number of rotatable bonds is 16. The minimum atomic E-state index is -1.22. The topological polar surface area (TPSA) is 178 Å². The molecular formula is C38H46N6O6. The quantitative estimate of drug-likeness (QED) is 0.0871. The molecule has 0 aliphatic carbocycles. The van der Waals surface area contributed by atoms with Crippen LogP contribution in [-0.4, -0.2) is 69.3 Å². The van der Waals surface area contributed by atoms with Crippen molar-refractivity contribution in [2.24, 2.45) is 5.73 Å². The molecule has 0 spiro atoms. The number of nitrogens with one attached hydrogen (secondary N) is 3. The van der Waals surface area contributed by atoms with E-state index in [-0.39, 0.29) is 25.9 Å². The van der Waals surface area contributed by atoms with Gasteiger partial charge in [-0.25, -0.2) is 14.6 Å². The summed E-state index contributed by atoms with van der Waals surface area (Å²) in [6, 6.07) is 27.7. The summed E-state index contributed by atoms with van der Waals surface area (Å²) in [4.78, 5) is 54.7. The Kier molecular flexibility index (Phi) is 12.9. The molecule has 4 rings (SSSR count). The van der Waals surface area contributed by atoms with Crippen molar-refractivity contribution in [3.05, 3.63) is 126 Å². The van der Waals surface area contributed by atoms with E-state index in [0.717, 1.165) is 16.7 Å². The summed E-state index contributed by atoms with van der Waals surface area (Å²) in [5.41, 5.74) is 7.55. The Morgan fingerprint density at radius 2 is 1.36 bits per heavy atom. The predicted molar refractivity (Wildman–Crippen MR) is 189 cm³/mol. The van der Waals surface area contributed by atoms with Crippen LogP contribution in [0.25, 0.3) is 0 Å². The van der Waals surface area contributed by atoms with E-state index in [9.17, 15) is 24.3 Å². The Balaban J connectivity index is 1.56. The van der Waals surface area contributed by atoms with Crippen molar-refractivity contribution in [1.29, 1.82) is 0 Å². The van der Waals surface area contributed by atoms with Gasteiger partial charge < -0.3 is 36.1 Å². The van der Waals surface area contributed by atoms with Crippen molar-refractivity contribution >= 4 is 23.9 Å². The fourth-order valence-electron chi connectivity index (χ4n) is 5.82. The van der Waals surface area contributed by atoms with Gasteiger partial charge in [0.1, 0.15) is 23.2 Å². The Bertz CT molecular complexity index is 1610. The Hall–Kier alpha value is -5.49. The number of unbranched alkanes of at least 4 members (excludes halogenated alkanes) is 1. The SMILES string of the molecule is CC(C)(C)OC(=O)NCCCC[C@H](NC(=O)[C@H](Cc1cn(C(c2ccccc2)(c2ccccc2)c2ccccc2)cn1)NC(=O)CN)C(=O)O. The number of hydrogen-bond donors (Lipinski definition) is 5. The standard InChI is InChI=1S/C38H46N6O6/c1-37(2,3)50-36(49)40-22-14-13-21-31(35(47)48)43-34(46)32(42-33(45)24-39)23-30-25-44(26-41-30)38(27-15-7-4-8-16-27,28-17-9-5-10-18-28)29-19-11-6-12-20-29/h4-12,15-20,25-26,31-32H,13-14,21-24,39H2,1-3H3,(H,40,49)(H,42,45)(H,43,46)(H,47,48)/t31-,32-/m0/s1. The zero-order chi connectivity index (χ0) is 36.1. The van der Waals surface area contributed by atoms with Crippen molar-refractivity contribution < 1.29 is 29.0 Å². The number of carboxylic acid groups (broad SMARTS) is 1. The minimum absolute atomic E-state index is 0.0226. The van der Waals surface area contributed by atoms with Crippen molar-refractivity contribution in [2.75, 3.05) is 13.1 Å². The Morgan fingerprint density at radius 3 is 1.84 bits per heavy atom. The first kappa shape index (κ1) is 37.3. The van der Waals surface area contributed by atoms with E-state index in [1.54, 1.807) is 27.1 Å². The van der Waals surface area contributed by atoms with Crippen molar-refractivity contribution in [3.8, 4) is 0 Å². The molecule has 2 atom stereocenters. The molecule has 12 nitrogen and oxygen atoms in total. The van der Waals surface area contributed by atoms with Gasteiger partial charge in [-0.1, -0.05) is 91.0 Å². The maximum absolute atomic E-state index is 13.6. The number of carboxylic acids is 1. The first-order chi connectivity index (χ1) is 23.9. The molecule has 4 aromatic rings. The molecule has 3 amide bonds. The van der Waals surface area contributed by atoms with Crippen molar-refractivity contribution in [3.63, 3.8) is 0 Å². The predicted octanol–water partition coefficient (Wildman–Crippen LogP) is 3.97. The number of aliphatic carboxylic acids is 1. The zero-order valence-corrected chi connectivity index (χ0v) is 28.7. The maximum Gasteiger partial charge on any atom is 0.407 e. The van der Waals surface area contributed by atoms with E-state index in [2.05, 4.69) is 57.3 Å². The number of nitrogens with zero attached hydrogens (tertiary/aromatic N) is 2. The summed E-state index contributed by atoms with van der Waals surface area (Å²) in [7, 11) is 0. The third-order valence-corrected chi connectivity index (χ3v) is 8.05. The van der Waals surface area contributed by atoms with E-state index in [1.807, 2.05) is 65.4 Å². The average molecular weight is 683 g/mol. The molecule has 0 bridgehead atoms. The molecule has 50 heavy (non-hydrogen) atoms. The third kappa shape index (κ3) is 9.79. The van der Waals surface area contributed by atoms with Gasteiger partial charge in [0, 0.05) is 19.2 Å². The van der Waals surface area contributed by atoms with Crippen LogP contribution in [0, 0.1) is 0 Å². The van der Waals surface area contributed by atoms with Crippen LogP contribution in [-0.2, 0) is 31.1 Å². The number of benzene rings is 3. The summed E-state index contributed by atoms with van der Waals surface area (Å²) in [6.45, 7) is 5.20. The van der Waals surface area contributed by atoms with Crippen molar-refractivity contribution in [1.82, 2.24) is 25.5 Å². The lowest BCUT2D eigenvalue weighted by Crippen LogP contribution is -2.53. The number of carbonyl (C=O) groups excluding carboxylic acids is 3. The highest BCUT2D eigenvalue weighted by molar-refractivity contribution is 5.91. The molecule has 0 unspecified atom stereocenters. The van der Waals surface area contributed by atoms with Crippen molar-refractivity contribution in [2.45, 2.75) is 69.7 Å². The highest BCUT2D eigenvalue weighted by Gasteiger charge is 2.38. The number of imidazole rings is 1. The molecule has 12 heteroatoms. The summed E-state index contributed by atoms with van der Waals surface area (Å²) in [5, 5.41) is 17.7. The largest absolute Gasteiger partial charge is 0.480 e. The lowest BCUT2D eigenvalue weighted by Gasteiger charge is -2.37. The van der Waals surface area contributed by atoms with Gasteiger partial charge in [0.2, 0.25) is 11.8 Å². The fourth-order valence-corrected chi connectivity index (χ4v) is 5.82. The Morgan fingerprint density at radius 1 is 0.820 bits per heavy atom. The second-order valence-electron chi connectivity index (χ2n) is 12.9. The molecular weight excluding hydrogens is 636 g/mol. The molecule has 1 aromatic heterocycles. The molecule has 0 fully saturated rings. The maximum atomic E-state index is 13.6. The molecule has 3 aromatic carbocycles. The number of nitrogens with two attached hydrogens (primary N) is 1. The van der Waals surface area contributed by atoms with Crippen LogP contribution in [0.4, 0.5) is 4.79 Å². The fraction of sp³-hybridized carbons (Fsp3) is 0.342. The van der Waals surface area contributed by atoms with E-state index >= 15 is 0 Å². The summed E-state index contributed by atoms with van der Waals surface area (Å²) in [6.07, 6.45) is 3.94. The van der Waals surface area contributed by atoms with Crippen LogP contribution in [0.2, 0.25) is 0 Å². The van der Waals surface area contributed by atoms with Crippen LogP contribution in [0.5, 0.6) is 0 Å². The van der Waals surface area contributed by atoms with Gasteiger partial charge in [-0.15, -0.1) is 0 Å².